The van der Waals surface area contributed by atoms with Gasteiger partial charge in [0.1, 0.15) is 5.65 Å². The normalized spacial score (nSPS) is 12.8. The average molecular weight is 241 g/mol. The van der Waals surface area contributed by atoms with E-state index >= 15 is 0 Å². The minimum Gasteiger partial charge on any atom is -0.303 e. The Balaban J connectivity index is 2.06. The van der Waals surface area contributed by atoms with Crippen LogP contribution in [0.15, 0.2) is 42.6 Å². The van der Waals surface area contributed by atoms with Crippen LogP contribution in [0.1, 0.15) is 11.3 Å². The number of benzene rings is 1. The van der Waals surface area contributed by atoms with Crippen molar-refractivity contribution in [3.05, 3.63) is 58.9 Å². The van der Waals surface area contributed by atoms with Gasteiger partial charge in [-0.15, -0.1) is 0 Å². The van der Waals surface area contributed by atoms with Crippen LogP contribution in [0.3, 0.4) is 0 Å². The fourth-order valence-electron chi connectivity index (χ4n) is 2.55. The highest BCUT2D eigenvalue weighted by molar-refractivity contribution is 6.30. The zero-order chi connectivity index (χ0) is 11.4. The van der Waals surface area contributed by atoms with Crippen LogP contribution in [0.2, 0.25) is 5.02 Å². The zero-order valence-corrected chi connectivity index (χ0v) is 9.78. The molecular weight excluding hydrogens is 232 g/mol. The molecule has 0 spiro atoms. The fourth-order valence-corrected chi connectivity index (χ4v) is 2.75. The lowest BCUT2D eigenvalue weighted by Gasteiger charge is -1.99. The van der Waals surface area contributed by atoms with Gasteiger partial charge in [-0.05, 0) is 29.8 Å². The number of halogens is 1. The molecule has 0 radical (unpaired) electrons. The van der Waals surface area contributed by atoms with Crippen molar-refractivity contribution < 1.29 is 0 Å². The van der Waals surface area contributed by atoms with Gasteiger partial charge in [0.25, 0.3) is 0 Å². The van der Waals surface area contributed by atoms with Crippen molar-refractivity contribution in [2.45, 2.75) is 6.42 Å². The van der Waals surface area contributed by atoms with E-state index in [0.717, 1.165) is 22.8 Å². The molecule has 3 aromatic rings. The van der Waals surface area contributed by atoms with Crippen LogP contribution in [-0.2, 0) is 6.42 Å². The molecule has 0 amide bonds. The van der Waals surface area contributed by atoms with Crippen LogP contribution in [-0.4, -0.2) is 9.38 Å². The van der Waals surface area contributed by atoms with E-state index in [4.69, 9.17) is 11.6 Å². The Labute approximate surface area is 103 Å². The van der Waals surface area contributed by atoms with Gasteiger partial charge in [0.2, 0.25) is 0 Å². The van der Waals surface area contributed by atoms with E-state index in [0.29, 0.717) is 0 Å². The Hall–Kier alpha value is -1.80. The number of hydrogen-bond acceptors (Lipinski definition) is 1. The molecule has 0 atom stereocenters. The molecule has 1 aromatic carbocycles. The van der Waals surface area contributed by atoms with E-state index in [1.165, 1.54) is 16.8 Å². The molecule has 0 unspecified atom stereocenters. The smallest absolute Gasteiger partial charge is 0.137 e. The summed E-state index contributed by atoms with van der Waals surface area (Å²) in [6.45, 7) is 0. The summed E-state index contributed by atoms with van der Waals surface area (Å²) in [5.41, 5.74) is 5.86. The van der Waals surface area contributed by atoms with Crippen LogP contribution in [0.4, 0.5) is 0 Å². The predicted molar refractivity (Wildman–Crippen MR) is 68.4 cm³/mol. The molecular formula is C14H9ClN2. The number of fused-ring (bicyclic) bond motifs is 5. The standard InChI is InChI=1S/C14H9ClN2/c15-10-4-5-11-9(7-10)8-12-14(11)16-13-3-1-2-6-17(12)13/h1-7H,8H2. The van der Waals surface area contributed by atoms with Gasteiger partial charge in [0.05, 0.1) is 11.4 Å². The minimum absolute atomic E-state index is 0.795. The van der Waals surface area contributed by atoms with Crippen LogP contribution < -0.4 is 0 Å². The third-order valence-electron chi connectivity index (χ3n) is 3.31. The Morgan fingerprint density at radius 2 is 2.12 bits per heavy atom. The second kappa shape index (κ2) is 3.11. The summed E-state index contributed by atoms with van der Waals surface area (Å²) >= 11 is 6.02. The Kier molecular flexibility index (Phi) is 1.69. The van der Waals surface area contributed by atoms with Gasteiger partial charge in [-0.25, -0.2) is 4.98 Å². The molecule has 2 aromatic heterocycles. The number of hydrogen-bond donors (Lipinski definition) is 0. The summed E-state index contributed by atoms with van der Waals surface area (Å²) in [7, 11) is 0. The highest BCUT2D eigenvalue weighted by Gasteiger charge is 2.23. The van der Waals surface area contributed by atoms with Crippen molar-refractivity contribution in [1.82, 2.24) is 9.38 Å². The van der Waals surface area contributed by atoms with Crippen molar-refractivity contribution in [2.75, 3.05) is 0 Å². The van der Waals surface area contributed by atoms with Crippen LogP contribution >= 0.6 is 11.6 Å². The molecule has 0 fully saturated rings. The Morgan fingerprint density at radius 3 is 3.06 bits per heavy atom. The molecule has 0 N–H and O–H groups in total. The Bertz CT molecular complexity index is 743. The molecule has 0 saturated carbocycles. The molecule has 4 rings (SSSR count). The third-order valence-corrected chi connectivity index (χ3v) is 3.54. The maximum atomic E-state index is 6.02. The van der Waals surface area contributed by atoms with Gasteiger partial charge < -0.3 is 4.40 Å². The summed E-state index contributed by atoms with van der Waals surface area (Å²) in [4.78, 5) is 4.68. The first-order valence-corrected chi connectivity index (χ1v) is 5.95. The number of nitrogens with zero attached hydrogens (tertiary/aromatic N) is 2. The maximum Gasteiger partial charge on any atom is 0.137 e. The lowest BCUT2D eigenvalue weighted by Crippen LogP contribution is -1.90. The fraction of sp³-hybridized carbons (Fsp3) is 0.0714. The largest absolute Gasteiger partial charge is 0.303 e. The van der Waals surface area contributed by atoms with Crippen molar-refractivity contribution in [3.8, 4) is 11.3 Å². The lowest BCUT2D eigenvalue weighted by molar-refractivity contribution is 1.05. The van der Waals surface area contributed by atoms with Crippen LogP contribution in [0, 0.1) is 0 Å². The molecule has 17 heavy (non-hydrogen) atoms. The van der Waals surface area contributed by atoms with E-state index < -0.39 is 0 Å². The van der Waals surface area contributed by atoms with Crippen LogP contribution in [0.5, 0.6) is 0 Å². The zero-order valence-electron chi connectivity index (χ0n) is 9.02. The monoisotopic (exact) mass is 240 g/mol. The lowest BCUT2D eigenvalue weighted by atomic mass is 10.1. The second-order valence-electron chi connectivity index (χ2n) is 4.31. The molecule has 0 saturated heterocycles. The topological polar surface area (TPSA) is 17.3 Å². The molecule has 1 aliphatic rings. The summed E-state index contributed by atoms with van der Waals surface area (Å²) in [5.74, 6) is 0. The Morgan fingerprint density at radius 1 is 1.18 bits per heavy atom. The number of imidazole rings is 1. The molecule has 2 nitrogen and oxygen atoms in total. The van der Waals surface area contributed by atoms with Crippen molar-refractivity contribution in [2.24, 2.45) is 0 Å². The van der Waals surface area contributed by atoms with Gasteiger partial charge in [-0.3, -0.25) is 0 Å². The molecule has 1 aliphatic carbocycles. The second-order valence-corrected chi connectivity index (χ2v) is 4.75. The minimum atomic E-state index is 0.795. The van der Waals surface area contributed by atoms with E-state index in [1.807, 2.05) is 30.3 Å². The van der Waals surface area contributed by atoms with Crippen molar-refractivity contribution in [3.63, 3.8) is 0 Å². The molecule has 0 aliphatic heterocycles. The summed E-state index contributed by atoms with van der Waals surface area (Å²) < 4.78 is 2.16. The van der Waals surface area contributed by atoms with E-state index in [2.05, 4.69) is 21.6 Å². The molecule has 3 heteroatoms. The van der Waals surface area contributed by atoms with E-state index in [9.17, 15) is 0 Å². The number of rotatable bonds is 0. The van der Waals surface area contributed by atoms with E-state index in [1.54, 1.807) is 0 Å². The summed E-state index contributed by atoms with van der Waals surface area (Å²) in [6, 6.07) is 12.1. The quantitative estimate of drug-likeness (QED) is 0.459. The molecule has 82 valence electrons. The summed E-state index contributed by atoms with van der Waals surface area (Å²) in [5, 5.41) is 0.795. The van der Waals surface area contributed by atoms with Crippen molar-refractivity contribution >= 4 is 17.2 Å². The maximum absolute atomic E-state index is 6.02. The van der Waals surface area contributed by atoms with Gasteiger partial charge >= 0.3 is 0 Å². The van der Waals surface area contributed by atoms with Gasteiger partial charge in [0.15, 0.2) is 0 Å². The molecule has 2 heterocycles. The number of aromatic nitrogens is 2. The van der Waals surface area contributed by atoms with Gasteiger partial charge in [0, 0.05) is 23.2 Å². The first-order chi connectivity index (χ1) is 8.33. The SMILES string of the molecule is Clc1ccc2c(c1)Cc1c-2nc2ccccn12. The van der Waals surface area contributed by atoms with E-state index in [-0.39, 0.29) is 0 Å². The van der Waals surface area contributed by atoms with Gasteiger partial charge in [-0.1, -0.05) is 23.7 Å². The molecule has 0 bridgehead atoms. The highest BCUT2D eigenvalue weighted by Crippen LogP contribution is 2.37. The number of pyridine rings is 1. The van der Waals surface area contributed by atoms with Crippen LogP contribution in [0.25, 0.3) is 16.9 Å². The van der Waals surface area contributed by atoms with Gasteiger partial charge in [-0.2, -0.15) is 0 Å². The third kappa shape index (κ3) is 1.19. The summed E-state index contributed by atoms with van der Waals surface area (Å²) in [6.07, 6.45) is 2.98. The first kappa shape index (κ1) is 9.25. The van der Waals surface area contributed by atoms with Crippen molar-refractivity contribution in [1.29, 1.82) is 0 Å². The first-order valence-electron chi connectivity index (χ1n) is 5.58. The highest BCUT2D eigenvalue weighted by atomic mass is 35.5. The predicted octanol–water partition coefficient (Wildman–Crippen LogP) is 3.56. The average Bonchev–Trinajstić information content (AvgIpc) is 2.84.